The molecule has 0 unspecified atom stereocenters. The van der Waals surface area contributed by atoms with Gasteiger partial charge in [0.2, 0.25) is 0 Å². The Labute approximate surface area is 355 Å². The first-order valence-corrected chi connectivity index (χ1v) is 20.9. The molecule has 5 heterocycles. The molecule has 7 aromatic rings. The van der Waals surface area contributed by atoms with Gasteiger partial charge in [0.25, 0.3) is 0 Å². The number of rotatable bonds is 4. The molecule has 0 atom stereocenters. The molecule has 2 N–H and O–H groups in total. The van der Waals surface area contributed by atoms with Gasteiger partial charge in [0.05, 0.1) is 22.8 Å². The molecule has 0 saturated heterocycles. The van der Waals surface area contributed by atoms with Crippen LogP contribution in [0.4, 0.5) is 0 Å². The van der Waals surface area contributed by atoms with E-state index in [-0.39, 0.29) is 0 Å². The van der Waals surface area contributed by atoms with Gasteiger partial charge in [-0.2, -0.15) is 0 Å². The molecule has 2 aliphatic rings. The number of H-pyrrole nitrogens is 2. The Kier molecular flexibility index (Phi) is 9.42. The first kappa shape index (κ1) is 34.2. The number of aromatic amines is 2. The van der Waals surface area contributed by atoms with E-state index in [4.69, 9.17) is 9.97 Å². The minimum absolute atomic E-state index is 0.881. The van der Waals surface area contributed by atoms with Gasteiger partial charge in [0, 0.05) is 58.6 Å². The lowest BCUT2D eigenvalue weighted by molar-refractivity contribution is 1.27. The van der Waals surface area contributed by atoms with Gasteiger partial charge in [-0.05, 0) is 210 Å². The van der Waals surface area contributed by atoms with Crippen LogP contribution in [-0.4, -0.2) is 19.9 Å². The van der Waals surface area contributed by atoms with Gasteiger partial charge in [-0.3, -0.25) is 0 Å². The van der Waals surface area contributed by atoms with Crippen molar-refractivity contribution in [3.8, 4) is 44.5 Å². The van der Waals surface area contributed by atoms with Crippen molar-refractivity contribution >= 4 is 137 Å². The molecule has 8 bridgehead atoms. The van der Waals surface area contributed by atoms with Crippen LogP contribution in [0.25, 0.3) is 90.9 Å². The van der Waals surface area contributed by atoms with Gasteiger partial charge in [0.1, 0.15) is 0 Å². The van der Waals surface area contributed by atoms with Crippen LogP contribution in [-0.2, 0) is 0 Å². The van der Waals surface area contributed by atoms with Crippen molar-refractivity contribution < 1.29 is 0 Å². The lowest BCUT2D eigenvalue weighted by atomic mass is 10.0. The van der Waals surface area contributed by atoms with E-state index >= 15 is 0 Å². The summed E-state index contributed by atoms with van der Waals surface area (Å²) in [6.45, 7) is 0. The maximum atomic E-state index is 5.39. The third-order valence-electron chi connectivity index (χ3n) is 9.29. The van der Waals surface area contributed by atoms with Crippen molar-refractivity contribution in [3.63, 3.8) is 0 Å². The van der Waals surface area contributed by atoms with Crippen LogP contribution in [0.1, 0.15) is 22.8 Å². The van der Waals surface area contributed by atoms with Crippen LogP contribution in [0.15, 0.2) is 121 Å². The molecule has 250 valence electrons. The summed E-state index contributed by atoms with van der Waals surface area (Å²) in [6.07, 6.45) is 8.55. The van der Waals surface area contributed by atoms with Crippen LogP contribution in [0, 0.1) is 14.3 Å². The van der Waals surface area contributed by atoms with E-state index in [1.165, 1.54) is 14.3 Å². The smallest absolute Gasteiger partial charge is 0.0738 e. The number of nitrogens with one attached hydrogen (secondary N) is 2. The van der Waals surface area contributed by atoms with Crippen molar-refractivity contribution in [1.82, 2.24) is 19.9 Å². The molecule has 0 fully saturated rings. The summed E-state index contributed by atoms with van der Waals surface area (Å²) in [5.74, 6) is 0. The molecule has 0 amide bonds. The lowest BCUT2D eigenvalue weighted by Gasteiger charge is -2.07. The Morgan fingerprint density at radius 3 is 0.865 bits per heavy atom. The van der Waals surface area contributed by atoms with Crippen molar-refractivity contribution in [1.29, 1.82) is 0 Å². The first-order valence-electron chi connectivity index (χ1n) is 16.6. The SMILES string of the molecule is Ic1ccc(-c2c3nc(c(-c4ccc(I)cc4)c4ccc([nH]4)c(-c4ccc(I)cc4)c4ccc([nH]4)c(-c4ccc(I)cc4)c4nc2C=C4)C=C3)cc1. The second-order valence-corrected chi connectivity index (χ2v) is 17.5. The topological polar surface area (TPSA) is 57.4 Å². The standard InChI is InChI=1S/C44H26I4N4/c45-29-9-1-25(2-10-29)41-33-17-19-35(49-33)42(26-3-11-30(46)12-4-26)37-21-23-39(51-37)44(28-7-15-32(48)16-8-28)40-24-22-38(52-40)43(36-20-18-34(41)50-36)27-5-13-31(47)14-6-27/h1-24,49-50H. The van der Waals surface area contributed by atoms with E-state index in [0.717, 1.165) is 89.4 Å². The third-order valence-corrected chi connectivity index (χ3v) is 12.2. The maximum absolute atomic E-state index is 5.39. The Hall–Kier alpha value is -3.60. The molecule has 8 heteroatoms. The molecule has 0 radical (unpaired) electrons. The number of hydrogen-bond donors (Lipinski definition) is 2. The summed E-state index contributed by atoms with van der Waals surface area (Å²) in [4.78, 5) is 18.5. The second-order valence-electron chi connectivity index (χ2n) is 12.5. The monoisotopic (exact) mass is 1120 g/mol. The zero-order valence-corrected chi connectivity index (χ0v) is 35.9. The largest absolute Gasteiger partial charge is 0.354 e. The maximum Gasteiger partial charge on any atom is 0.0738 e. The minimum Gasteiger partial charge on any atom is -0.354 e. The average Bonchev–Trinajstić information content (AvgIpc) is 3.99. The zero-order valence-electron chi connectivity index (χ0n) is 27.3. The summed E-state index contributed by atoms with van der Waals surface area (Å²) in [6, 6.07) is 43.4. The quantitative estimate of drug-likeness (QED) is 0.173. The summed E-state index contributed by atoms with van der Waals surface area (Å²) in [5.41, 5.74) is 16.1. The van der Waals surface area contributed by atoms with E-state index in [1.807, 2.05) is 0 Å². The minimum atomic E-state index is 0.881. The number of halogens is 4. The lowest BCUT2D eigenvalue weighted by Crippen LogP contribution is -1.91. The molecular weight excluding hydrogens is 1090 g/mol. The number of nitrogens with zero attached hydrogens (tertiary/aromatic N) is 2. The highest BCUT2D eigenvalue weighted by Gasteiger charge is 2.19. The summed E-state index contributed by atoms with van der Waals surface area (Å²) in [5, 5.41) is 0. The molecular formula is C44H26I4N4. The fourth-order valence-electron chi connectivity index (χ4n) is 6.89. The highest BCUT2D eigenvalue weighted by atomic mass is 127. The van der Waals surface area contributed by atoms with Gasteiger partial charge in [0.15, 0.2) is 0 Å². The molecule has 9 rings (SSSR count). The van der Waals surface area contributed by atoms with Crippen molar-refractivity contribution in [2.45, 2.75) is 0 Å². The van der Waals surface area contributed by atoms with Gasteiger partial charge in [-0.25, -0.2) is 9.97 Å². The Bertz CT molecular complexity index is 2600. The zero-order chi connectivity index (χ0) is 35.3. The van der Waals surface area contributed by atoms with E-state index in [1.54, 1.807) is 0 Å². The number of aromatic nitrogens is 4. The van der Waals surface area contributed by atoms with Crippen LogP contribution >= 0.6 is 90.4 Å². The number of benzene rings is 4. The molecule has 4 aromatic carbocycles. The Morgan fingerprint density at radius 2 is 0.538 bits per heavy atom. The van der Waals surface area contributed by atoms with E-state index < -0.39 is 0 Å². The highest BCUT2D eigenvalue weighted by Crippen LogP contribution is 2.38. The fraction of sp³-hybridized carbons (Fsp3) is 0. The van der Waals surface area contributed by atoms with Crippen LogP contribution in [0.2, 0.25) is 0 Å². The van der Waals surface area contributed by atoms with Gasteiger partial charge in [-0.1, -0.05) is 48.5 Å². The first-order chi connectivity index (χ1) is 25.4. The Morgan fingerprint density at radius 1 is 0.288 bits per heavy atom. The molecule has 3 aromatic heterocycles. The highest BCUT2D eigenvalue weighted by molar-refractivity contribution is 14.1. The van der Waals surface area contributed by atoms with E-state index in [0.29, 0.717) is 0 Å². The van der Waals surface area contributed by atoms with Gasteiger partial charge < -0.3 is 9.97 Å². The molecule has 0 saturated carbocycles. The van der Waals surface area contributed by atoms with E-state index in [9.17, 15) is 0 Å². The predicted molar refractivity (Wildman–Crippen MR) is 251 cm³/mol. The van der Waals surface area contributed by atoms with E-state index in [2.05, 4.69) is 246 Å². The van der Waals surface area contributed by atoms with Gasteiger partial charge >= 0.3 is 0 Å². The second kappa shape index (κ2) is 14.3. The number of hydrogen-bond acceptors (Lipinski definition) is 2. The molecule has 0 aliphatic carbocycles. The molecule has 2 aliphatic heterocycles. The molecule has 52 heavy (non-hydrogen) atoms. The van der Waals surface area contributed by atoms with Gasteiger partial charge in [-0.15, -0.1) is 0 Å². The molecule has 4 nitrogen and oxygen atoms in total. The molecule has 0 spiro atoms. The Balaban J connectivity index is 1.47. The van der Waals surface area contributed by atoms with Crippen molar-refractivity contribution in [2.75, 3.05) is 0 Å². The summed E-state index contributed by atoms with van der Waals surface area (Å²) < 4.78 is 4.74. The van der Waals surface area contributed by atoms with Crippen molar-refractivity contribution in [2.24, 2.45) is 0 Å². The average molecular weight is 1120 g/mol. The van der Waals surface area contributed by atoms with Crippen LogP contribution in [0.3, 0.4) is 0 Å². The number of fused-ring (bicyclic) bond motifs is 8. The third kappa shape index (κ3) is 6.60. The normalized spacial score (nSPS) is 12.1. The summed E-state index contributed by atoms with van der Waals surface area (Å²) >= 11 is 9.46. The fourth-order valence-corrected chi connectivity index (χ4v) is 8.33. The van der Waals surface area contributed by atoms with Crippen molar-refractivity contribution in [3.05, 3.63) is 158 Å². The van der Waals surface area contributed by atoms with Crippen LogP contribution in [0.5, 0.6) is 0 Å². The predicted octanol–water partition coefficient (Wildman–Crippen LogP) is 13.7. The van der Waals surface area contributed by atoms with Crippen LogP contribution < -0.4 is 0 Å². The summed E-state index contributed by atoms with van der Waals surface area (Å²) in [7, 11) is 0.